The Kier molecular flexibility index (Phi) is 5.66. The summed E-state index contributed by atoms with van der Waals surface area (Å²) in [6, 6.07) is 11.0. The monoisotopic (exact) mass is 413 g/mol. The van der Waals surface area contributed by atoms with Crippen LogP contribution in [0.5, 0.6) is 5.75 Å². The summed E-state index contributed by atoms with van der Waals surface area (Å²) in [4.78, 5) is 20.3. The number of amides is 1. The molecule has 0 saturated carbocycles. The van der Waals surface area contributed by atoms with Crippen molar-refractivity contribution in [3.8, 4) is 5.75 Å². The minimum atomic E-state index is -4.68. The van der Waals surface area contributed by atoms with Crippen LogP contribution in [0.3, 0.4) is 0 Å². The maximum atomic E-state index is 12.7. The van der Waals surface area contributed by atoms with Crippen molar-refractivity contribution in [1.82, 2.24) is 5.48 Å². The van der Waals surface area contributed by atoms with Crippen LogP contribution >= 0.6 is 0 Å². The van der Waals surface area contributed by atoms with E-state index in [2.05, 4.69) is 25.4 Å². The van der Waals surface area contributed by atoms with Gasteiger partial charge in [0.25, 0.3) is 5.91 Å². The third-order valence-electron chi connectivity index (χ3n) is 3.62. The lowest BCUT2D eigenvalue weighted by molar-refractivity contribution is -0.0961. The van der Waals surface area contributed by atoms with Crippen LogP contribution in [0.15, 0.2) is 65.5 Å². The molecule has 0 aromatic heterocycles. The molecule has 11 heteroatoms. The van der Waals surface area contributed by atoms with Crippen molar-refractivity contribution in [2.75, 3.05) is 5.32 Å². The van der Waals surface area contributed by atoms with E-state index in [9.17, 15) is 26.7 Å². The Morgan fingerprint density at radius 1 is 1.10 bits per heavy atom. The van der Waals surface area contributed by atoms with Gasteiger partial charge in [-0.15, -0.1) is 0 Å². The zero-order chi connectivity index (χ0) is 21.0. The molecular weight excluding hydrogens is 401 g/mol. The zero-order valence-electron chi connectivity index (χ0n) is 14.3. The molecule has 0 spiro atoms. The summed E-state index contributed by atoms with van der Waals surface area (Å²) < 4.78 is 67.4. The Hall–Kier alpha value is -3.63. The molecule has 2 N–H and O–H groups in total. The number of carbonyl (C=O) groups excluding carboxylic acids is 1. The molecule has 0 atom stereocenters. The molecule has 6 nitrogen and oxygen atoms in total. The van der Waals surface area contributed by atoms with Crippen LogP contribution in [0.2, 0.25) is 0 Å². The Morgan fingerprint density at radius 2 is 1.79 bits per heavy atom. The largest absolute Gasteiger partial charge is 0.436 e. The highest BCUT2D eigenvalue weighted by molar-refractivity contribution is 6.06. The highest BCUT2D eigenvalue weighted by atomic mass is 19.4. The molecule has 3 rings (SSSR count). The lowest BCUT2D eigenvalue weighted by atomic mass is 10.1. The van der Waals surface area contributed by atoms with E-state index in [0.29, 0.717) is 6.26 Å². The van der Waals surface area contributed by atoms with Crippen molar-refractivity contribution in [2.45, 2.75) is 12.8 Å². The topological polar surface area (TPSA) is 72.0 Å². The van der Waals surface area contributed by atoms with Crippen LogP contribution < -0.4 is 15.5 Å². The van der Waals surface area contributed by atoms with Crippen LogP contribution in [-0.2, 0) is 4.84 Å². The molecule has 0 saturated heterocycles. The van der Waals surface area contributed by atoms with Gasteiger partial charge in [0.05, 0.1) is 5.69 Å². The molecule has 29 heavy (non-hydrogen) atoms. The first-order valence-electron chi connectivity index (χ1n) is 7.97. The fraction of sp³-hybridized carbons (Fsp3) is 0.111. The SMILES string of the molecule is O=C(Nc1ccccc1OC(F)F)c1ccc(C2=NC(C(F)(F)F)=CON2)cc1. The van der Waals surface area contributed by atoms with Gasteiger partial charge in [0.2, 0.25) is 0 Å². The van der Waals surface area contributed by atoms with Gasteiger partial charge in [0.15, 0.2) is 11.5 Å². The number of para-hydroxylation sites is 2. The lowest BCUT2D eigenvalue weighted by Gasteiger charge is -2.17. The van der Waals surface area contributed by atoms with Crippen LogP contribution in [0, 0.1) is 0 Å². The number of aliphatic imine (C=N–C) groups is 1. The van der Waals surface area contributed by atoms with E-state index in [0.717, 1.165) is 0 Å². The number of amidine groups is 1. The van der Waals surface area contributed by atoms with E-state index in [-0.39, 0.29) is 28.4 Å². The quantitative estimate of drug-likeness (QED) is 0.720. The number of hydrogen-bond donors (Lipinski definition) is 2. The second-order valence-electron chi connectivity index (χ2n) is 5.59. The average Bonchev–Trinajstić information content (AvgIpc) is 2.69. The number of halogens is 5. The standard InChI is InChI=1S/C18H12F5N3O3/c19-17(20)29-13-4-2-1-3-12(13)24-16(27)11-7-5-10(6-8-11)15-25-14(9-28-26-15)18(21,22)23/h1-9,17H,(H,24,27)(H,25,26). The second kappa shape index (κ2) is 8.17. The molecule has 0 unspecified atom stereocenters. The van der Waals surface area contributed by atoms with Crippen molar-refractivity contribution in [2.24, 2.45) is 4.99 Å². The van der Waals surface area contributed by atoms with Gasteiger partial charge in [0, 0.05) is 11.1 Å². The molecule has 0 bridgehead atoms. The normalized spacial score (nSPS) is 13.7. The Morgan fingerprint density at radius 3 is 2.45 bits per heavy atom. The molecule has 2 aromatic carbocycles. The van der Waals surface area contributed by atoms with E-state index in [1.165, 1.54) is 48.5 Å². The highest BCUT2D eigenvalue weighted by Crippen LogP contribution is 2.28. The summed E-state index contributed by atoms with van der Waals surface area (Å²) in [7, 11) is 0. The van der Waals surface area contributed by atoms with Gasteiger partial charge in [0.1, 0.15) is 12.0 Å². The maximum Gasteiger partial charge on any atom is 0.436 e. The third-order valence-corrected chi connectivity index (χ3v) is 3.62. The van der Waals surface area contributed by atoms with Crippen molar-refractivity contribution in [1.29, 1.82) is 0 Å². The fourth-order valence-electron chi connectivity index (χ4n) is 2.31. The Bertz CT molecular complexity index is 956. The number of rotatable bonds is 5. The molecule has 1 amide bonds. The Labute approximate surface area is 160 Å². The van der Waals surface area contributed by atoms with E-state index in [1.54, 1.807) is 0 Å². The summed E-state index contributed by atoms with van der Waals surface area (Å²) in [5.41, 5.74) is 1.42. The number of alkyl halides is 5. The van der Waals surface area contributed by atoms with Gasteiger partial charge in [-0.2, -0.15) is 22.0 Å². The number of allylic oxidation sites excluding steroid dienone is 1. The van der Waals surface area contributed by atoms with Gasteiger partial charge < -0.3 is 14.9 Å². The van der Waals surface area contributed by atoms with Gasteiger partial charge in [-0.05, 0) is 24.3 Å². The molecule has 1 heterocycles. The molecule has 0 aliphatic carbocycles. The number of nitrogens with zero attached hydrogens (tertiary/aromatic N) is 1. The van der Waals surface area contributed by atoms with Crippen molar-refractivity contribution in [3.63, 3.8) is 0 Å². The second-order valence-corrected chi connectivity index (χ2v) is 5.59. The number of carbonyl (C=O) groups is 1. The van der Waals surface area contributed by atoms with Gasteiger partial charge in [-0.1, -0.05) is 24.3 Å². The van der Waals surface area contributed by atoms with E-state index in [1.807, 2.05) is 0 Å². The molecular formula is C18H12F5N3O3. The summed E-state index contributed by atoms with van der Waals surface area (Å²) in [6.45, 7) is -3.06. The molecule has 0 radical (unpaired) electrons. The first-order chi connectivity index (χ1) is 13.7. The number of anilines is 1. The van der Waals surface area contributed by atoms with Crippen LogP contribution in [0.4, 0.5) is 27.6 Å². The predicted octanol–water partition coefficient (Wildman–Crippen LogP) is 4.23. The van der Waals surface area contributed by atoms with Gasteiger partial charge in [-0.25, -0.2) is 10.5 Å². The minimum absolute atomic E-state index is 0.0357. The minimum Gasteiger partial charge on any atom is -0.433 e. The van der Waals surface area contributed by atoms with Crippen molar-refractivity contribution in [3.05, 3.63) is 71.6 Å². The highest BCUT2D eigenvalue weighted by Gasteiger charge is 2.36. The molecule has 0 fully saturated rings. The number of ether oxygens (including phenoxy) is 1. The van der Waals surface area contributed by atoms with Crippen LogP contribution in [-0.4, -0.2) is 24.5 Å². The lowest BCUT2D eigenvalue weighted by Crippen LogP contribution is -2.29. The van der Waals surface area contributed by atoms with E-state index >= 15 is 0 Å². The summed E-state index contributed by atoms with van der Waals surface area (Å²) >= 11 is 0. The number of hydroxylamine groups is 1. The molecule has 2 aromatic rings. The molecule has 152 valence electrons. The number of nitrogens with one attached hydrogen (secondary N) is 2. The molecule has 1 aliphatic heterocycles. The maximum absolute atomic E-state index is 12.7. The summed E-state index contributed by atoms with van der Waals surface area (Å²) in [5.74, 6) is -1.04. The van der Waals surface area contributed by atoms with Crippen LogP contribution in [0.25, 0.3) is 0 Å². The number of benzene rings is 2. The number of hydrogen-bond acceptors (Lipinski definition) is 5. The molecule has 1 aliphatic rings. The average molecular weight is 413 g/mol. The van der Waals surface area contributed by atoms with Crippen LogP contribution in [0.1, 0.15) is 15.9 Å². The fourth-order valence-corrected chi connectivity index (χ4v) is 2.31. The van der Waals surface area contributed by atoms with Crippen molar-refractivity contribution >= 4 is 17.4 Å². The van der Waals surface area contributed by atoms with Crippen molar-refractivity contribution < 1.29 is 36.3 Å². The third kappa shape index (κ3) is 5.00. The summed E-state index contributed by atoms with van der Waals surface area (Å²) in [5, 5.41) is 2.43. The first kappa shape index (κ1) is 20.1. The van der Waals surface area contributed by atoms with Gasteiger partial charge in [-0.3, -0.25) is 4.79 Å². The first-order valence-corrected chi connectivity index (χ1v) is 7.97. The summed E-state index contributed by atoms with van der Waals surface area (Å²) in [6.07, 6.45) is -4.24. The zero-order valence-corrected chi connectivity index (χ0v) is 14.3. The van der Waals surface area contributed by atoms with Gasteiger partial charge >= 0.3 is 12.8 Å². The Balaban J connectivity index is 1.75. The predicted molar refractivity (Wildman–Crippen MR) is 92.4 cm³/mol. The van der Waals surface area contributed by atoms with E-state index in [4.69, 9.17) is 0 Å². The van der Waals surface area contributed by atoms with E-state index < -0.39 is 24.4 Å². The smallest absolute Gasteiger partial charge is 0.433 e.